The Balaban J connectivity index is 1.43. The largest absolute Gasteiger partial charge is 0.369 e. The van der Waals surface area contributed by atoms with Gasteiger partial charge < -0.3 is 20.4 Å². The molecule has 3 rings (SSSR count). The highest BCUT2D eigenvalue weighted by molar-refractivity contribution is 5.95. The van der Waals surface area contributed by atoms with E-state index in [2.05, 4.69) is 10.2 Å². The lowest BCUT2D eigenvalue weighted by Crippen LogP contribution is -2.42. The van der Waals surface area contributed by atoms with Crippen LogP contribution in [0, 0.1) is 5.92 Å². The number of hydrogen-bond acceptors (Lipinski definition) is 3. The van der Waals surface area contributed by atoms with E-state index in [1.165, 1.54) is 0 Å². The topological polar surface area (TPSA) is 79.8 Å². The summed E-state index contributed by atoms with van der Waals surface area (Å²) in [6, 6.07) is 7.75. The molecule has 0 radical (unpaired) electrons. The Morgan fingerprint density at radius 2 is 2.21 bits per heavy atom. The fourth-order valence-electron chi connectivity index (χ4n) is 3.28. The minimum Gasteiger partial charge on any atom is -0.369 e. The standard InChI is InChI=1S/C18H24N4O2/c19-17(23)14-5-3-8-21(12-14)9-4-7-20-18(24)15-11-16-6-1-2-10-22(16)13-15/h1-2,6,10-11,13-14H,3-5,7-9,12H2,(H2,19,23)(H,20,24). The maximum absolute atomic E-state index is 12.2. The number of carbonyl (C=O) groups is 2. The Hall–Kier alpha value is -2.34. The Kier molecular flexibility index (Phi) is 5.15. The van der Waals surface area contributed by atoms with Crippen LogP contribution in [0.2, 0.25) is 0 Å². The summed E-state index contributed by atoms with van der Waals surface area (Å²) in [4.78, 5) is 25.8. The number of nitrogens with one attached hydrogen (secondary N) is 1. The second kappa shape index (κ2) is 7.49. The van der Waals surface area contributed by atoms with Crippen molar-refractivity contribution in [1.29, 1.82) is 0 Å². The molecule has 6 nitrogen and oxygen atoms in total. The van der Waals surface area contributed by atoms with Gasteiger partial charge in [-0.1, -0.05) is 6.07 Å². The lowest BCUT2D eigenvalue weighted by atomic mass is 9.97. The van der Waals surface area contributed by atoms with Gasteiger partial charge in [0.15, 0.2) is 0 Å². The van der Waals surface area contributed by atoms with Crippen LogP contribution in [0.3, 0.4) is 0 Å². The van der Waals surface area contributed by atoms with Gasteiger partial charge in [-0.3, -0.25) is 9.59 Å². The Labute approximate surface area is 141 Å². The SMILES string of the molecule is NC(=O)C1CCCN(CCCNC(=O)c2cc3ccccn3c2)C1. The van der Waals surface area contributed by atoms with Crippen LogP contribution < -0.4 is 11.1 Å². The van der Waals surface area contributed by atoms with E-state index < -0.39 is 0 Å². The average Bonchev–Trinajstić information content (AvgIpc) is 3.03. The summed E-state index contributed by atoms with van der Waals surface area (Å²) in [5.41, 5.74) is 7.08. The van der Waals surface area contributed by atoms with Crippen LogP contribution in [-0.2, 0) is 4.79 Å². The molecule has 24 heavy (non-hydrogen) atoms. The molecule has 0 aliphatic carbocycles. The van der Waals surface area contributed by atoms with Crippen molar-refractivity contribution in [3.05, 3.63) is 42.2 Å². The summed E-state index contributed by atoms with van der Waals surface area (Å²) in [6.07, 6.45) is 6.54. The van der Waals surface area contributed by atoms with E-state index in [0.29, 0.717) is 12.1 Å². The predicted octanol–water partition coefficient (Wildman–Crippen LogP) is 1.26. The summed E-state index contributed by atoms with van der Waals surface area (Å²) in [7, 11) is 0. The van der Waals surface area contributed by atoms with Crippen LogP contribution in [-0.4, -0.2) is 47.3 Å². The molecule has 0 aromatic carbocycles. The molecule has 1 fully saturated rings. The van der Waals surface area contributed by atoms with E-state index in [4.69, 9.17) is 5.73 Å². The Morgan fingerprint density at radius 1 is 1.33 bits per heavy atom. The van der Waals surface area contributed by atoms with Crippen LogP contribution in [0.5, 0.6) is 0 Å². The minimum atomic E-state index is -0.200. The number of hydrogen-bond donors (Lipinski definition) is 2. The normalized spacial score (nSPS) is 18.6. The van der Waals surface area contributed by atoms with Crippen LogP contribution in [0.4, 0.5) is 0 Å². The smallest absolute Gasteiger partial charge is 0.252 e. The van der Waals surface area contributed by atoms with Crippen LogP contribution >= 0.6 is 0 Å². The third kappa shape index (κ3) is 3.94. The van der Waals surface area contributed by atoms with Gasteiger partial charge in [-0.2, -0.15) is 0 Å². The van der Waals surface area contributed by atoms with Crippen molar-refractivity contribution in [2.75, 3.05) is 26.2 Å². The third-order valence-corrected chi connectivity index (χ3v) is 4.61. The molecule has 6 heteroatoms. The van der Waals surface area contributed by atoms with Gasteiger partial charge in [-0.15, -0.1) is 0 Å². The van der Waals surface area contributed by atoms with E-state index in [1.54, 1.807) is 0 Å². The molecule has 2 amide bonds. The maximum atomic E-state index is 12.2. The van der Waals surface area contributed by atoms with Gasteiger partial charge in [0.25, 0.3) is 5.91 Å². The zero-order valence-electron chi connectivity index (χ0n) is 13.8. The van der Waals surface area contributed by atoms with E-state index in [-0.39, 0.29) is 17.7 Å². The number of fused-ring (bicyclic) bond motifs is 1. The number of primary amides is 1. The number of nitrogens with two attached hydrogens (primary N) is 1. The first-order valence-electron chi connectivity index (χ1n) is 8.50. The van der Waals surface area contributed by atoms with E-state index in [9.17, 15) is 9.59 Å². The number of nitrogens with zero attached hydrogens (tertiary/aromatic N) is 2. The molecule has 3 heterocycles. The molecule has 1 atom stereocenters. The van der Waals surface area contributed by atoms with Crippen molar-refractivity contribution in [2.45, 2.75) is 19.3 Å². The summed E-state index contributed by atoms with van der Waals surface area (Å²) in [6.45, 7) is 3.25. The van der Waals surface area contributed by atoms with Gasteiger partial charge in [0.05, 0.1) is 11.5 Å². The molecule has 1 aliphatic rings. The monoisotopic (exact) mass is 328 g/mol. The third-order valence-electron chi connectivity index (χ3n) is 4.61. The molecular formula is C18H24N4O2. The molecule has 0 saturated carbocycles. The average molecular weight is 328 g/mol. The van der Waals surface area contributed by atoms with Crippen molar-refractivity contribution in [2.24, 2.45) is 11.7 Å². The zero-order valence-corrected chi connectivity index (χ0v) is 13.8. The number of rotatable bonds is 6. The highest BCUT2D eigenvalue weighted by Gasteiger charge is 2.23. The second-order valence-corrected chi connectivity index (χ2v) is 6.41. The molecule has 128 valence electrons. The lowest BCUT2D eigenvalue weighted by molar-refractivity contribution is -0.123. The van der Waals surface area contributed by atoms with Gasteiger partial charge in [0.2, 0.25) is 5.91 Å². The molecule has 3 N–H and O–H groups in total. The minimum absolute atomic E-state index is 0.0258. The van der Waals surface area contributed by atoms with Gasteiger partial charge in [-0.25, -0.2) is 0 Å². The van der Waals surface area contributed by atoms with Crippen LogP contribution in [0.25, 0.3) is 5.52 Å². The van der Waals surface area contributed by atoms with E-state index in [1.807, 2.05) is 41.1 Å². The zero-order chi connectivity index (χ0) is 16.9. The molecular weight excluding hydrogens is 304 g/mol. The summed E-state index contributed by atoms with van der Waals surface area (Å²) >= 11 is 0. The predicted molar refractivity (Wildman–Crippen MR) is 92.7 cm³/mol. The molecule has 1 aliphatic heterocycles. The summed E-state index contributed by atoms with van der Waals surface area (Å²) < 4.78 is 1.94. The summed E-state index contributed by atoms with van der Waals surface area (Å²) in [5.74, 6) is -0.275. The van der Waals surface area contributed by atoms with Gasteiger partial charge in [0, 0.05) is 31.0 Å². The molecule has 1 saturated heterocycles. The van der Waals surface area contributed by atoms with Gasteiger partial charge in [-0.05, 0) is 50.6 Å². The van der Waals surface area contributed by atoms with Crippen LogP contribution in [0.1, 0.15) is 29.6 Å². The van der Waals surface area contributed by atoms with E-state index >= 15 is 0 Å². The maximum Gasteiger partial charge on any atom is 0.252 e. The van der Waals surface area contributed by atoms with E-state index in [0.717, 1.165) is 44.4 Å². The van der Waals surface area contributed by atoms with Crippen molar-refractivity contribution < 1.29 is 9.59 Å². The molecule has 1 unspecified atom stereocenters. The lowest BCUT2D eigenvalue weighted by Gasteiger charge is -2.31. The Bertz CT molecular complexity index is 692. The first-order chi connectivity index (χ1) is 11.6. The highest BCUT2D eigenvalue weighted by atomic mass is 16.2. The number of aromatic nitrogens is 1. The number of carbonyl (C=O) groups excluding carboxylic acids is 2. The molecule has 0 bridgehead atoms. The first kappa shape index (κ1) is 16.5. The number of piperidine rings is 1. The number of likely N-dealkylation sites (tertiary alicyclic amines) is 1. The molecule has 0 spiro atoms. The summed E-state index contributed by atoms with van der Waals surface area (Å²) in [5, 5.41) is 2.96. The highest BCUT2D eigenvalue weighted by Crippen LogP contribution is 2.16. The number of amides is 2. The molecule has 2 aromatic rings. The van der Waals surface area contributed by atoms with Gasteiger partial charge in [0.1, 0.15) is 0 Å². The quantitative estimate of drug-likeness (QED) is 0.784. The Morgan fingerprint density at radius 3 is 3.00 bits per heavy atom. The van der Waals surface area contributed by atoms with Crippen molar-refractivity contribution in [3.8, 4) is 0 Å². The number of pyridine rings is 1. The van der Waals surface area contributed by atoms with Crippen molar-refractivity contribution in [3.63, 3.8) is 0 Å². The second-order valence-electron chi connectivity index (χ2n) is 6.41. The van der Waals surface area contributed by atoms with Crippen molar-refractivity contribution >= 4 is 17.3 Å². The first-order valence-corrected chi connectivity index (χ1v) is 8.50. The van der Waals surface area contributed by atoms with Crippen molar-refractivity contribution in [1.82, 2.24) is 14.6 Å². The fraction of sp³-hybridized carbons (Fsp3) is 0.444. The fourth-order valence-corrected chi connectivity index (χ4v) is 3.28. The van der Waals surface area contributed by atoms with Gasteiger partial charge >= 0.3 is 0 Å². The molecule has 2 aromatic heterocycles. The van der Waals surface area contributed by atoms with Crippen LogP contribution in [0.15, 0.2) is 36.7 Å².